The fourth-order valence-corrected chi connectivity index (χ4v) is 4.08. The Kier molecular flexibility index (Phi) is 20.4. The number of aromatic carboxylic acids is 1. The second kappa shape index (κ2) is 23.2. The molecular weight excluding hydrogens is 726 g/mol. The molecule has 1 amide bonds. The van der Waals surface area contributed by atoms with Crippen molar-refractivity contribution in [1.29, 1.82) is 0 Å². The van der Waals surface area contributed by atoms with Crippen molar-refractivity contribution in [2.75, 3.05) is 14.2 Å². The highest BCUT2D eigenvalue weighted by Crippen LogP contribution is 2.15. The number of amides is 1. The van der Waals surface area contributed by atoms with Crippen LogP contribution >= 0.6 is 12.4 Å². The molecule has 4 aromatic rings. The SMILES string of the molecule is C.COC(=O)C(Cc1ccc([N+](=O)[O-])cc1)NC(=O)c1ccccc1F.COC(=O)C(N)Cc1ccc([N+](=O)[O-])cc1.Cl.O=C(O)c1ccccc1F. The molecule has 2 unspecified atom stereocenters. The molecule has 0 aliphatic heterocycles. The van der Waals surface area contributed by atoms with Crippen LogP contribution in [-0.2, 0) is 31.9 Å². The fourth-order valence-electron chi connectivity index (χ4n) is 4.08. The zero-order chi connectivity index (χ0) is 38.1. The van der Waals surface area contributed by atoms with Crippen LogP contribution in [0.4, 0.5) is 20.2 Å². The van der Waals surface area contributed by atoms with Crippen LogP contribution in [-0.4, -0.2) is 65.1 Å². The predicted molar refractivity (Wildman–Crippen MR) is 191 cm³/mol. The third-order valence-electron chi connectivity index (χ3n) is 6.71. The number of nitrogens with zero attached hydrogens (tertiary/aromatic N) is 2. The van der Waals surface area contributed by atoms with Crippen LogP contribution in [0.2, 0.25) is 0 Å². The van der Waals surface area contributed by atoms with Crippen LogP contribution in [0.5, 0.6) is 0 Å². The van der Waals surface area contributed by atoms with E-state index in [0.717, 1.165) is 17.7 Å². The molecule has 15 nitrogen and oxygen atoms in total. The number of halogens is 3. The molecule has 0 spiro atoms. The number of benzene rings is 4. The van der Waals surface area contributed by atoms with Crippen molar-refractivity contribution in [3.8, 4) is 0 Å². The number of rotatable bonds is 11. The number of carbonyl (C=O) groups excluding carboxylic acids is 3. The molecule has 0 heterocycles. The predicted octanol–water partition coefficient (Wildman–Crippen LogP) is 5.47. The number of carboxylic acid groups (broad SMARTS) is 1. The Balaban J connectivity index is 0.000000829. The molecule has 0 saturated carbocycles. The number of nitrogens with two attached hydrogens (primary N) is 1. The summed E-state index contributed by atoms with van der Waals surface area (Å²) in [6, 6.07) is 20.3. The van der Waals surface area contributed by atoms with E-state index in [9.17, 15) is 48.2 Å². The van der Waals surface area contributed by atoms with Crippen molar-refractivity contribution < 1.29 is 52.4 Å². The molecule has 2 atom stereocenters. The number of nitro groups is 2. The molecule has 0 fully saturated rings. The Bertz CT molecular complexity index is 1850. The monoisotopic (exact) mass is 762 g/mol. The van der Waals surface area contributed by atoms with Gasteiger partial charge in [0, 0.05) is 30.7 Å². The number of methoxy groups -OCH3 is 2. The lowest BCUT2D eigenvalue weighted by molar-refractivity contribution is -0.385. The van der Waals surface area contributed by atoms with Gasteiger partial charge in [0.05, 0.1) is 35.2 Å². The first kappa shape index (κ1) is 46.7. The molecule has 0 saturated heterocycles. The number of ether oxygens (including phenoxy) is 2. The summed E-state index contributed by atoms with van der Waals surface area (Å²) in [6.07, 6.45) is 0.343. The van der Waals surface area contributed by atoms with E-state index in [2.05, 4.69) is 14.8 Å². The topological polar surface area (TPSA) is 231 Å². The average molecular weight is 763 g/mol. The van der Waals surface area contributed by atoms with Gasteiger partial charge in [-0.2, -0.15) is 0 Å². The van der Waals surface area contributed by atoms with Crippen LogP contribution in [0.15, 0.2) is 97.1 Å². The van der Waals surface area contributed by atoms with Crippen molar-refractivity contribution in [3.05, 3.63) is 151 Å². The minimum atomic E-state index is -1.24. The zero-order valence-electron chi connectivity index (χ0n) is 27.5. The maximum absolute atomic E-state index is 13.7. The van der Waals surface area contributed by atoms with Gasteiger partial charge in [-0.15, -0.1) is 12.4 Å². The number of non-ortho nitro benzene ring substituents is 2. The number of hydrogen-bond acceptors (Lipinski definition) is 11. The Morgan fingerprint density at radius 2 is 1.11 bits per heavy atom. The zero-order valence-corrected chi connectivity index (χ0v) is 28.3. The number of carbonyl (C=O) groups is 4. The number of nitrogens with one attached hydrogen (secondary N) is 1. The van der Waals surface area contributed by atoms with Crippen molar-refractivity contribution in [1.82, 2.24) is 5.32 Å². The van der Waals surface area contributed by atoms with E-state index >= 15 is 0 Å². The molecule has 4 N–H and O–H groups in total. The van der Waals surface area contributed by atoms with Gasteiger partial charge in [0.15, 0.2) is 0 Å². The first-order valence-electron chi connectivity index (χ1n) is 14.6. The lowest BCUT2D eigenvalue weighted by Gasteiger charge is -2.17. The lowest BCUT2D eigenvalue weighted by atomic mass is 10.0. The fraction of sp³-hybridized carbons (Fsp3) is 0.200. The van der Waals surface area contributed by atoms with E-state index in [1.54, 1.807) is 12.1 Å². The van der Waals surface area contributed by atoms with Crippen molar-refractivity contribution in [2.45, 2.75) is 32.4 Å². The smallest absolute Gasteiger partial charge is 0.338 e. The quantitative estimate of drug-likeness (QED) is 0.0981. The van der Waals surface area contributed by atoms with Gasteiger partial charge in [-0.25, -0.2) is 18.4 Å². The maximum atomic E-state index is 13.7. The minimum Gasteiger partial charge on any atom is -0.478 e. The summed E-state index contributed by atoms with van der Waals surface area (Å²) in [5.74, 6) is -4.61. The summed E-state index contributed by atoms with van der Waals surface area (Å²) in [5, 5.41) is 31.8. The second-order valence-corrected chi connectivity index (χ2v) is 10.2. The molecule has 18 heteroatoms. The Morgan fingerprint density at radius 1 is 0.717 bits per heavy atom. The minimum absolute atomic E-state index is 0. The van der Waals surface area contributed by atoms with Crippen LogP contribution in [0, 0.1) is 31.9 Å². The van der Waals surface area contributed by atoms with Crippen LogP contribution in [0.25, 0.3) is 0 Å². The van der Waals surface area contributed by atoms with E-state index < -0.39 is 57.4 Å². The highest BCUT2D eigenvalue weighted by Gasteiger charge is 2.24. The largest absolute Gasteiger partial charge is 0.478 e. The summed E-state index contributed by atoms with van der Waals surface area (Å²) in [7, 11) is 2.43. The van der Waals surface area contributed by atoms with Gasteiger partial charge in [-0.05, 0) is 41.8 Å². The molecule has 284 valence electrons. The summed E-state index contributed by atoms with van der Waals surface area (Å²) in [5.41, 5.74) is 6.32. The van der Waals surface area contributed by atoms with Gasteiger partial charge in [0.2, 0.25) is 0 Å². The summed E-state index contributed by atoms with van der Waals surface area (Å²) < 4.78 is 35.3. The third kappa shape index (κ3) is 15.2. The van der Waals surface area contributed by atoms with E-state index in [0.29, 0.717) is 12.0 Å². The Hall–Kier alpha value is -6.33. The highest BCUT2D eigenvalue weighted by atomic mass is 35.5. The van der Waals surface area contributed by atoms with Crippen molar-refractivity contribution in [2.24, 2.45) is 5.73 Å². The summed E-state index contributed by atoms with van der Waals surface area (Å²) in [6.45, 7) is 0. The number of carboxylic acids is 1. The van der Waals surface area contributed by atoms with Gasteiger partial charge in [-0.1, -0.05) is 56.0 Å². The second-order valence-electron chi connectivity index (χ2n) is 10.2. The van der Waals surface area contributed by atoms with E-state index in [4.69, 9.17) is 10.8 Å². The molecule has 53 heavy (non-hydrogen) atoms. The van der Waals surface area contributed by atoms with Crippen LogP contribution < -0.4 is 11.1 Å². The average Bonchev–Trinajstić information content (AvgIpc) is 3.11. The Labute approximate surface area is 308 Å². The maximum Gasteiger partial charge on any atom is 0.338 e. The van der Waals surface area contributed by atoms with Gasteiger partial charge >= 0.3 is 17.9 Å². The van der Waals surface area contributed by atoms with Crippen molar-refractivity contribution >= 4 is 47.6 Å². The molecule has 0 aliphatic carbocycles. The lowest BCUT2D eigenvalue weighted by Crippen LogP contribution is -2.43. The van der Waals surface area contributed by atoms with Gasteiger partial charge in [0.1, 0.15) is 23.7 Å². The van der Waals surface area contributed by atoms with E-state index in [-0.39, 0.29) is 48.8 Å². The molecule has 0 bridgehead atoms. The van der Waals surface area contributed by atoms with Crippen LogP contribution in [0.3, 0.4) is 0 Å². The number of nitro benzene ring substituents is 2. The molecule has 0 radical (unpaired) electrons. The van der Waals surface area contributed by atoms with Crippen LogP contribution in [0.1, 0.15) is 39.3 Å². The normalized spacial score (nSPS) is 10.7. The van der Waals surface area contributed by atoms with Gasteiger partial charge in [-0.3, -0.25) is 29.8 Å². The van der Waals surface area contributed by atoms with E-state index in [1.165, 1.54) is 87.0 Å². The standard InChI is InChI=1S/C17H15FN2O5.C10H12N2O4.C7H5FO2.CH4.ClH/c1-25-17(22)15(10-11-6-8-12(9-7-11)20(23)24)19-16(21)13-4-2-3-5-14(13)18;1-16-10(13)9(11)6-7-2-4-8(5-3-7)12(14)15;8-6-4-2-1-3-5(6)7(9)10;;/h2-9,15H,10H2,1H3,(H,19,21);2-5,9H,6,11H2,1H3;1-4H,(H,9,10);1H4;1H. The van der Waals surface area contributed by atoms with Crippen molar-refractivity contribution in [3.63, 3.8) is 0 Å². The van der Waals surface area contributed by atoms with E-state index in [1.807, 2.05) is 0 Å². The molecule has 4 rings (SSSR count). The number of hydrogen-bond donors (Lipinski definition) is 3. The summed E-state index contributed by atoms with van der Waals surface area (Å²) in [4.78, 5) is 65.3. The molecule has 4 aromatic carbocycles. The first-order chi connectivity index (χ1) is 24.2. The van der Waals surface area contributed by atoms with Gasteiger partial charge < -0.3 is 25.6 Å². The van der Waals surface area contributed by atoms with Gasteiger partial charge in [0.25, 0.3) is 17.3 Å². The highest BCUT2D eigenvalue weighted by molar-refractivity contribution is 5.97. The molecule has 0 aliphatic rings. The number of esters is 2. The summed E-state index contributed by atoms with van der Waals surface area (Å²) >= 11 is 0. The molecule has 0 aromatic heterocycles. The third-order valence-corrected chi connectivity index (χ3v) is 6.71. The Morgan fingerprint density at radius 3 is 1.47 bits per heavy atom. The first-order valence-corrected chi connectivity index (χ1v) is 14.6. The molecular formula is C35H37ClF2N4O11.